The Labute approximate surface area is 152 Å². The maximum absolute atomic E-state index is 12.4. The molecule has 4 N–H and O–H groups in total. The first-order valence-corrected chi connectivity index (χ1v) is 8.77. The van der Waals surface area contributed by atoms with Gasteiger partial charge in [-0.3, -0.25) is 9.59 Å². The summed E-state index contributed by atoms with van der Waals surface area (Å²) in [4.78, 5) is 33.3. The van der Waals surface area contributed by atoms with E-state index < -0.39 is 5.41 Å². The van der Waals surface area contributed by atoms with Gasteiger partial charge in [-0.05, 0) is 13.8 Å². The van der Waals surface area contributed by atoms with Gasteiger partial charge in [-0.1, -0.05) is 32.5 Å². The number of hydrogen-bond donors (Lipinski definition) is 3. The van der Waals surface area contributed by atoms with Crippen molar-refractivity contribution in [3.8, 4) is 0 Å². The van der Waals surface area contributed by atoms with E-state index in [0.717, 1.165) is 11.8 Å². The predicted molar refractivity (Wildman–Crippen MR) is 99.5 cm³/mol. The van der Waals surface area contributed by atoms with Gasteiger partial charge in [-0.2, -0.15) is 0 Å². The molecule has 0 spiro atoms. The third-order valence-corrected chi connectivity index (χ3v) is 4.94. The summed E-state index contributed by atoms with van der Waals surface area (Å²) < 4.78 is 0. The minimum Gasteiger partial charge on any atom is -0.396 e. The summed E-state index contributed by atoms with van der Waals surface area (Å²) in [5, 5.41) is 11.9. The zero-order valence-corrected chi connectivity index (χ0v) is 16.2. The van der Waals surface area contributed by atoms with Crippen molar-refractivity contribution in [3.63, 3.8) is 0 Å². The summed E-state index contributed by atoms with van der Waals surface area (Å²) in [6.07, 6.45) is 1.82. The number of carbonyl (C=O) groups excluding carboxylic acids is 2. The van der Waals surface area contributed by atoms with Crippen molar-refractivity contribution < 1.29 is 14.7 Å². The van der Waals surface area contributed by atoms with Gasteiger partial charge in [0.25, 0.3) is 0 Å². The molecule has 0 atom stereocenters. The highest BCUT2D eigenvalue weighted by molar-refractivity contribution is 8.17. The molecule has 0 aliphatic rings. The van der Waals surface area contributed by atoms with E-state index >= 15 is 0 Å². The Balaban J connectivity index is 2.87. The molecule has 1 heterocycles. The topological polar surface area (TPSA) is 118 Å². The Morgan fingerprint density at radius 1 is 1.36 bits per heavy atom. The first-order valence-electron chi connectivity index (χ1n) is 7.95. The molecule has 0 bridgehead atoms. The number of aliphatic hydroxyl groups is 1. The molecule has 0 unspecified atom stereocenters. The number of carbonyl (C=O) groups is 2. The van der Waals surface area contributed by atoms with Gasteiger partial charge in [0, 0.05) is 47.2 Å². The van der Waals surface area contributed by atoms with Crippen LogP contribution in [-0.2, 0) is 16.1 Å². The minimum atomic E-state index is -0.532. The number of aryl methyl sites for hydroxylation is 1. The molecule has 0 saturated carbocycles. The van der Waals surface area contributed by atoms with Crippen molar-refractivity contribution in [2.75, 3.05) is 12.3 Å². The molecule has 0 aliphatic heterocycles. The second-order valence-electron chi connectivity index (χ2n) is 6.67. The van der Waals surface area contributed by atoms with E-state index in [2.05, 4.69) is 15.3 Å². The normalized spacial score (nSPS) is 12.6. The highest BCUT2D eigenvalue weighted by Gasteiger charge is 2.24. The maximum atomic E-state index is 12.4. The largest absolute Gasteiger partial charge is 0.396 e. The molecule has 1 aromatic rings. The number of amides is 1. The molecule has 0 fully saturated rings. The minimum absolute atomic E-state index is 0.0562. The van der Waals surface area contributed by atoms with Crippen LogP contribution >= 0.6 is 11.8 Å². The highest BCUT2D eigenvalue weighted by atomic mass is 32.2. The van der Waals surface area contributed by atoms with E-state index in [1.54, 1.807) is 20.0 Å². The molecule has 1 amide bonds. The van der Waals surface area contributed by atoms with Gasteiger partial charge >= 0.3 is 0 Å². The Morgan fingerprint density at radius 2 is 2.00 bits per heavy atom. The van der Waals surface area contributed by atoms with Crippen LogP contribution in [0.2, 0.25) is 0 Å². The maximum Gasteiger partial charge on any atom is 0.247 e. The lowest BCUT2D eigenvalue weighted by atomic mass is 10.00. The van der Waals surface area contributed by atoms with Crippen molar-refractivity contribution in [3.05, 3.63) is 28.1 Å². The Kier molecular flexibility index (Phi) is 7.57. The average Bonchev–Trinajstić information content (AvgIpc) is 2.51. The number of nitrogen functional groups attached to an aromatic ring is 1. The van der Waals surface area contributed by atoms with Crippen LogP contribution in [0.15, 0.2) is 16.7 Å². The molecule has 138 valence electrons. The van der Waals surface area contributed by atoms with Crippen LogP contribution in [-0.4, -0.2) is 32.7 Å². The Hall–Kier alpha value is -1.93. The number of rotatable bonds is 6. The van der Waals surface area contributed by atoms with Crippen molar-refractivity contribution in [1.29, 1.82) is 0 Å². The first-order chi connectivity index (χ1) is 11.6. The number of nitrogens with zero attached hydrogens (tertiary/aromatic N) is 2. The van der Waals surface area contributed by atoms with Crippen molar-refractivity contribution in [2.45, 2.75) is 47.6 Å². The van der Waals surface area contributed by atoms with E-state index in [1.165, 1.54) is 0 Å². The lowest BCUT2D eigenvalue weighted by Gasteiger charge is -2.18. The van der Waals surface area contributed by atoms with Crippen LogP contribution in [0.4, 0.5) is 5.82 Å². The van der Waals surface area contributed by atoms with Crippen molar-refractivity contribution in [1.82, 2.24) is 15.3 Å². The van der Waals surface area contributed by atoms with E-state index in [9.17, 15) is 14.7 Å². The quantitative estimate of drug-likeness (QED) is 0.658. The zero-order valence-electron chi connectivity index (χ0n) is 15.3. The summed E-state index contributed by atoms with van der Waals surface area (Å²) in [5.41, 5.74) is 6.30. The summed E-state index contributed by atoms with van der Waals surface area (Å²) >= 11 is 1.01. The van der Waals surface area contributed by atoms with E-state index in [-0.39, 0.29) is 30.6 Å². The Morgan fingerprint density at radius 3 is 2.52 bits per heavy atom. The van der Waals surface area contributed by atoms with Crippen LogP contribution in [0.5, 0.6) is 0 Å². The third-order valence-electron chi connectivity index (χ3n) is 3.38. The van der Waals surface area contributed by atoms with Gasteiger partial charge in [-0.15, -0.1) is 0 Å². The second kappa shape index (κ2) is 8.96. The van der Waals surface area contributed by atoms with Crippen molar-refractivity contribution >= 4 is 28.6 Å². The van der Waals surface area contributed by atoms with Crippen LogP contribution in [0.3, 0.4) is 0 Å². The number of nitrogens with one attached hydrogen (secondary N) is 1. The molecule has 1 aromatic heterocycles. The summed E-state index contributed by atoms with van der Waals surface area (Å²) in [6.45, 7) is 8.86. The molecule has 1 rings (SSSR count). The average molecular weight is 366 g/mol. The first kappa shape index (κ1) is 21.1. The smallest absolute Gasteiger partial charge is 0.247 e. The number of hydrogen-bond acceptors (Lipinski definition) is 7. The molecule has 0 radical (unpaired) electrons. The lowest BCUT2D eigenvalue weighted by Crippen LogP contribution is -2.25. The summed E-state index contributed by atoms with van der Waals surface area (Å²) in [6, 6.07) is 0. The fourth-order valence-electron chi connectivity index (χ4n) is 1.76. The van der Waals surface area contributed by atoms with Crippen LogP contribution in [0.1, 0.15) is 45.5 Å². The lowest BCUT2D eigenvalue weighted by molar-refractivity contribution is -0.118. The number of aliphatic hydroxyl groups excluding tert-OH is 1. The SMILES string of the molecule is C/C(C(=O)NCc1cnc(C)nc1N)=C(\CCO)SC(=O)C(C)(C)C. The van der Waals surface area contributed by atoms with E-state index in [1.807, 2.05) is 20.8 Å². The highest BCUT2D eigenvalue weighted by Crippen LogP contribution is 2.31. The summed E-state index contributed by atoms with van der Waals surface area (Å²) in [5.74, 6) is 0.561. The van der Waals surface area contributed by atoms with Crippen molar-refractivity contribution in [2.24, 2.45) is 5.41 Å². The van der Waals surface area contributed by atoms with Gasteiger partial charge in [0.15, 0.2) is 5.12 Å². The molecule has 0 aliphatic carbocycles. The molecule has 25 heavy (non-hydrogen) atoms. The van der Waals surface area contributed by atoms with Gasteiger partial charge in [-0.25, -0.2) is 9.97 Å². The molecule has 0 saturated heterocycles. The zero-order chi connectivity index (χ0) is 19.2. The van der Waals surface area contributed by atoms with Gasteiger partial charge in [0.2, 0.25) is 5.91 Å². The van der Waals surface area contributed by atoms with Gasteiger partial charge < -0.3 is 16.2 Å². The van der Waals surface area contributed by atoms with E-state index in [4.69, 9.17) is 5.73 Å². The number of aromatic nitrogens is 2. The fourth-order valence-corrected chi connectivity index (χ4v) is 2.73. The van der Waals surface area contributed by atoms with Crippen LogP contribution in [0.25, 0.3) is 0 Å². The standard InChI is InChI=1S/C17H26N4O3S/c1-10(13(6-7-22)25-16(24)17(3,4)5)15(23)20-9-12-8-19-11(2)21-14(12)18/h8,22H,6-7,9H2,1-5H3,(H,20,23)(H2,18,19,21)/b13-10-. The predicted octanol–water partition coefficient (Wildman–Crippen LogP) is 1.95. The number of anilines is 1. The molecular weight excluding hydrogens is 340 g/mol. The molecular formula is C17H26N4O3S. The number of nitrogens with two attached hydrogens (primary N) is 1. The summed E-state index contributed by atoms with van der Waals surface area (Å²) in [7, 11) is 0. The molecule has 8 heteroatoms. The molecule has 0 aromatic carbocycles. The van der Waals surface area contributed by atoms with Gasteiger partial charge in [0.1, 0.15) is 11.6 Å². The van der Waals surface area contributed by atoms with E-state index in [0.29, 0.717) is 27.7 Å². The fraction of sp³-hybridized carbons (Fsp3) is 0.529. The number of thioether (sulfide) groups is 1. The third kappa shape index (κ3) is 6.47. The Bertz CT molecular complexity index is 681. The monoisotopic (exact) mass is 366 g/mol. The van der Waals surface area contributed by atoms with Crippen LogP contribution in [0, 0.1) is 12.3 Å². The van der Waals surface area contributed by atoms with Gasteiger partial charge in [0.05, 0.1) is 0 Å². The molecule has 7 nitrogen and oxygen atoms in total. The van der Waals surface area contributed by atoms with Crippen LogP contribution < -0.4 is 11.1 Å². The second-order valence-corrected chi connectivity index (χ2v) is 7.74.